The monoisotopic (exact) mass is 419 g/mol. The van der Waals surface area contributed by atoms with Crippen LogP contribution in [-0.4, -0.2) is 86.2 Å². The highest BCUT2D eigenvalue weighted by Crippen LogP contribution is 2.31. The molecule has 1 atom stereocenters. The number of nitrogens with one attached hydrogen (secondary N) is 1. The second-order valence-corrected chi connectivity index (χ2v) is 9.13. The summed E-state index contributed by atoms with van der Waals surface area (Å²) >= 11 is 6.52. The average Bonchev–Trinajstić information content (AvgIpc) is 3.12. The van der Waals surface area contributed by atoms with E-state index in [1.165, 1.54) is 25.7 Å². The van der Waals surface area contributed by atoms with E-state index in [9.17, 15) is 4.79 Å². The van der Waals surface area contributed by atoms with Gasteiger partial charge in [0.2, 0.25) is 0 Å². The molecule has 3 heterocycles. The fourth-order valence-electron chi connectivity index (χ4n) is 4.79. The van der Waals surface area contributed by atoms with Crippen LogP contribution < -0.4 is 10.2 Å². The van der Waals surface area contributed by atoms with Gasteiger partial charge in [0.15, 0.2) is 0 Å². The number of piperazine rings is 1. The Labute approximate surface area is 179 Å². The number of hydrogen-bond donors (Lipinski definition) is 1. The van der Waals surface area contributed by atoms with Gasteiger partial charge in [-0.3, -0.25) is 4.90 Å². The number of halogens is 1. The lowest BCUT2D eigenvalue weighted by Crippen LogP contribution is -2.52. The number of likely N-dealkylation sites (tertiary alicyclic amines) is 1. The number of likely N-dealkylation sites (N-methyl/N-ethyl adjacent to an activating group) is 1. The maximum Gasteiger partial charge on any atom is 0.321 e. The predicted molar refractivity (Wildman–Crippen MR) is 120 cm³/mol. The van der Waals surface area contributed by atoms with E-state index in [0.29, 0.717) is 6.04 Å². The largest absolute Gasteiger partial charge is 0.370 e. The second kappa shape index (κ2) is 9.54. The van der Waals surface area contributed by atoms with Crippen LogP contribution in [0.25, 0.3) is 0 Å². The summed E-state index contributed by atoms with van der Waals surface area (Å²) < 4.78 is 0. The minimum Gasteiger partial charge on any atom is -0.370 e. The molecule has 160 valence electrons. The lowest BCUT2D eigenvalue weighted by Gasteiger charge is -2.39. The van der Waals surface area contributed by atoms with E-state index in [1.807, 2.05) is 23.1 Å². The normalized spacial score (nSPS) is 24.6. The molecule has 0 aliphatic carbocycles. The lowest BCUT2D eigenvalue weighted by atomic mass is 10.1. The molecule has 1 N–H and O–H groups in total. The standard InChI is InChI=1S/C22H34ClN5O/c1-25-12-14-26(15-13-25)19-6-2-3-11-28(17-19)22(29)24-18-7-8-21(20(23)16-18)27-9-4-5-10-27/h7-8,16,19H,2-6,9-15,17H2,1H3,(H,24,29)/t19-/m1/s1. The van der Waals surface area contributed by atoms with Crippen molar-refractivity contribution in [1.82, 2.24) is 14.7 Å². The highest BCUT2D eigenvalue weighted by Gasteiger charge is 2.28. The maximum absolute atomic E-state index is 13.0. The highest BCUT2D eigenvalue weighted by molar-refractivity contribution is 6.33. The first-order valence-electron chi connectivity index (χ1n) is 11.1. The van der Waals surface area contributed by atoms with Crippen LogP contribution in [0.1, 0.15) is 32.1 Å². The molecular weight excluding hydrogens is 386 g/mol. The van der Waals surface area contributed by atoms with E-state index in [-0.39, 0.29) is 6.03 Å². The van der Waals surface area contributed by atoms with E-state index in [4.69, 9.17) is 11.6 Å². The van der Waals surface area contributed by atoms with Crippen molar-refractivity contribution >= 4 is 29.0 Å². The molecule has 0 bridgehead atoms. The van der Waals surface area contributed by atoms with Gasteiger partial charge in [0, 0.05) is 64.1 Å². The fraction of sp³-hybridized carbons (Fsp3) is 0.682. The van der Waals surface area contributed by atoms with Gasteiger partial charge in [-0.05, 0) is 50.9 Å². The van der Waals surface area contributed by atoms with Crippen LogP contribution in [0.4, 0.5) is 16.2 Å². The van der Waals surface area contributed by atoms with Crippen molar-refractivity contribution in [2.45, 2.75) is 38.1 Å². The van der Waals surface area contributed by atoms with E-state index in [2.05, 4.69) is 27.1 Å². The maximum atomic E-state index is 13.0. The van der Waals surface area contributed by atoms with Crippen molar-refractivity contribution in [1.29, 1.82) is 0 Å². The molecule has 0 spiro atoms. The van der Waals surface area contributed by atoms with Gasteiger partial charge in [-0.2, -0.15) is 0 Å². The molecule has 2 amide bonds. The minimum atomic E-state index is -0.00369. The van der Waals surface area contributed by atoms with Crippen molar-refractivity contribution in [3.05, 3.63) is 23.2 Å². The first-order chi connectivity index (χ1) is 14.1. The Hall–Kier alpha value is -1.50. The Bertz CT molecular complexity index is 700. The molecule has 0 unspecified atom stereocenters. The summed E-state index contributed by atoms with van der Waals surface area (Å²) in [5.74, 6) is 0. The molecule has 7 heteroatoms. The molecule has 1 aromatic carbocycles. The van der Waals surface area contributed by atoms with Crippen LogP contribution in [0.2, 0.25) is 5.02 Å². The molecule has 3 fully saturated rings. The SMILES string of the molecule is CN1CCN([C@@H]2CCCCN(C(=O)Nc3ccc(N4CCCC4)c(Cl)c3)C2)CC1. The number of carbonyl (C=O) groups excluding carboxylic acids is 1. The zero-order chi connectivity index (χ0) is 20.2. The molecule has 3 saturated heterocycles. The summed E-state index contributed by atoms with van der Waals surface area (Å²) in [7, 11) is 2.18. The van der Waals surface area contributed by atoms with Crippen LogP contribution in [0.15, 0.2) is 18.2 Å². The zero-order valence-corrected chi connectivity index (χ0v) is 18.3. The Morgan fingerprint density at radius 2 is 1.72 bits per heavy atom. The smallest absolute Gasteiger partial charge is 0.321 e. The van der Waals surface area contributed by atoms with Crippen LogP contribution >= 0.6 is 11.6 Å². The Morgan fingerprint density at radius 3 is 2.45 bits per heavy atom. The van der Waals surface area contributed by atoms with Gasteiger partial charge < -0.3 is 20.0 Å². The summed E-state index contributed by atoms with van der Waals surface area (Å²) in [6.07, 6.45) is 5.89. The summed E-state index contributed by atoms with van der Waals surface area (Å²) in [6, 6.07) is 6.38. The second-order valence-electron chi connectivity index (χ2n) is 8.73. The first kappa shape index (κ1) is 20.8. The van der Waals surface area contributed by atoms with Crippen LogP contribution in [0.5, 0.6) is 0 Å². The van der Waals surface area contributed by atoms with Crippen molar-refractivity contribution in [3.8, 4) is 0 Å². The highest BCUT2D eigenvalue weighted by atomic mass is 35.5. The third-order valence-corrected chi connectivity index (χ3v) is 6.94. The van der Waals surface area contributed by atoms with Gasteiger partial charge in [0.05, 0.1) is 10.7 Å². The number of benzene rings is 1. The first-order valence-corrected chi connectivity index (χ1v) is 11.5. The molecule has 6 nitrogen and oxygen atoms in total. The fourth-order valence-corrected chi connectivity index (χ4v) is 5.09. The van der Waals surface area contributed by atoms with Crippen molar-refractivity contribution in [2.24, 2.45) is 0 Å². The van der Waals surface area contributed by atoms with Crippen LogP contribution in [-0.2, 0) is 0 Å². The third kappa shape index (κ3) is 5.16. The average molecular weight is 420 g/mol. The van der Waals surface area contributed by atoms with E-state index in [0.717, 1.165) is 75.2 Å². The molecule has 29 heavy (non-hydrogen) atoms. The molecule has 0 radical (unpaired) electrons. The lowest BCUT2D eigenvalue weighted by molar-refractivity contribution is 0.0948. The van der Waals surface area contributed by atoms with Gasteiger partial charge in [-0.1, -0.05) is 18.0 Å². The molecule has 3 aliphatic rings. The minimum absolute atomic E-state index is 0.00369. The molecule has 4 rings (SSSR count). The molecule has 3 aliphatic heterocycles. The molecule has 0 aromatic heterocycles. The van der Waals surface area contributed by atoms with Crippen molar-refractivity contribution < 1.29 is 4.79 Å². The summed E-state index contributed by atoms with van der Waals surface area (Å²) in [6.45, 7) is 8.20. The predicted octanol–water partition coefficient (Wildman–Crippen LogP) is 3.57. The van der Waals surface area contributed by atoms with Gasteiger partial charge in [-0.15, -0.1) is 0 Å². The van der Waals surface area contributed by atoms with Crippen LogP contribution in [0, 0.1) is 0 Å². The van der Waals surface area contributed by atoms with Gasteiger partial charge in [0.1, 0.15) is 0 Å². The number of amides is 2. The van der Waals surface area contributed by atoms with Crippen molar-refractivity contribution in [2.75, 3.05) is 69.6 Å². The molecule has 1 aromatic rings. The van der Waals surface area contributed by atoms with Gasteiger partial charge in [-0.25, -0.2) is 4.79 Å². The Morgan fingerprint density at radius 1 is 1.00 bits per heavy atom. The van der Waals surface area contributed by atoms with Crippen LogP contribution in [0.3, 0.4) is 0 Å². The topological polar surface area (TPSA) is 42.1 Å². The number of carbonyl (C=O) groups is 1. The third-order valence-electron chi connectivity index (χ3n) is 6.63. The van der Waals surface area contributed by atoms with E-state index in [1.54, 1.807) is 0 Å². The summed E-state index contributed by atoms with van der Waals surface area (Å²) in [5, 5.41) is 3.80. The van der Waals surface area contributed by atoms with Crippen molar-refractivity contribution in [3.63, 3.8) is 0 Å². The summed E-state index contributed by atoms with van der Waals surface area (Å²) in [5.41, 5.74) is 1.86. The Balaban J connectivity index is 1.37. The number of rotatable bonds is 3. The number of anilines is 2. The van der Waals surface area contributed by atoms with Gasteiger partial charge >= 0.3 is 6.03 Å². The molecule has 0 saturated carbocycles. The zero-order valence-electron chi connectivity index (χ0n) is 17.6. The quantitative estimate of drug-likeness (QED) is 0.813. The Kier molecular flexibility index (Phi) is 6.83. The summed E-state index contributed by atoms with van der Waals surface area (Å²) in [4.78, 5) is 22.3. The number of hydrogen-bond acceptors (Lipinski definition) is 4. The number of nitrogens with zero attached hydrogens (tertiary/aromatic N) is 4. The molecular formula is C22H34ClN5O. The van der Waals surface area contributed by atoms with Gasteiger partial charge in [0.25, 0.3) is 0 Å². The van der Waals surface area contributed by atoms with E-state index >= 15 is 0 Å². The van der Waals surface area contributed by atoms with E-state index < -0.39 is 0 Å². The number of urea groups is 1.